The van der Waals surface area contributed by atoms with Crippen LogP contribution in [0.3, 0.4) is 0 Å². The molecule has 106 valence electrons. The number of nitrogens with zero attached hydrogens (tertiary/aromatic N) is 3. The number of rotatable bonds is 3. The van der Waals surface area contributed by atoms with E-state index in [0.717, 1.165) is 17.0 Å². The Bertz CT molecular complexity index is 612. The van der Waals surface area contributed by atoms with Gasteiger partial charge in [0, 0.05) is 23.9 Å². The molecule has 2 aromatic rings. The fourth-order valence-corrected chi connectivity index (χ4v) is 2.26. The third kappa shape index (κ3) is 2.99. The third-order valence-electron chi connectivity index (χ3n) is 3.09. The van der Waals surface area contributed by atoms with Crippen LogP contribution in [0.25, 0.3) is 0 Å². The van der Waals surface area contributed by atoms with Crippen LogP contribution in [0.4, 0.5) is 0 Å². The number of pyridine rings is 1. The second-order valence-electron chi connectivity index (χ2n) is 4.78. The van der Waals surface area contributed by atoms with Crippen LogP contribution >= 0.6 is 11.6 Å². The maximum absolute atomic E-state index is 12.4. The Labute approximate surface area is 122 Å². The first-order valence-corrected chi connectivity index (χ1v) is 6.57. The van der Waals surface area contributed by atoms with E-state index in [1.165, 1.54) is 0 Å². The Kier molecular flexibility index (Phi) is 4.09. The molecule has 0 atom stereocenters. The molecule has 2 aromatic heterocycles. The molecule has 0 aromatic carbocycles. The zero-order chi connectivity index (χ0) is 14.9. The van der Waals surface area contributed by atoms with Crippen molar-refractivity contribution in [2.75, 3.05) is 7.05 Å². The summed E-state index contributed by atoms with van der Waals surface area (Å²) in [6.07, 6.45) is 0. The van der Waals surface area contributed by atoms with Crippen molar-refractivity contribution < 1.29 is 9.32 Å². The van der Waals surface area contributed by atoms with Gasteiger partial charge in [-0.1, -0.05) is 16.8 Å². The summed E-state index contributed by atoms with van der Waals surface area (Å²) in [5.41, 5.74) is 2.96. The summed E-state index contributed by atoms with van der Waals surface area (Å²) in [6.45, 7) is 5.94. The Morgan fingerprint density at radius 1 is 1.35 bits per heavy atom. The van der Waals surface area contributed by atoms with Crippen molar-refractivity contribution in [3.8, 4) is 0 Å². The lowest BCUT2D eigenvalue weighted by Gasteiger charge is -2.17. The van der Waals surface area contributed by atoms with Crippen molar-refractivity contribution in [3.05, 3.63) is 45.6 Å². The number of carbonyl (C=O) groups is 1. The lowest BCUT2D eigenvalue weighted by molar-refractivity contribution is 0.0784. The Balaban J connectivity index is 2.20. The molecule has 0 saturated carbocycles. The summed E-state index contributed by atoms with van der Waals surface area (Å²) in [4.78, 5) is 18.0. The first kappa shape index (κ1) is 14.5. The molecule has 0 aliphatic carbocycles. The molecule has 5 nitrogen and oxygen atoms in total. The second kappa shape index (κ2) is 5.63. The number of amides is 1. The summed E-state index contributed by atoms with van der Waals surface area (Å²) in [5.74, 6) is 0.614. The van der Waals surface area contributed by atoms with Crippen LogP contribution in [0.1, 0.15) is 33.1 Å². The molecule has 0 bridgehead atoms. The molecule has 0 N–H and O–H groups in total. The van der Waals surface area contributed by atoms with Crippen molar-refractivity contribution >= 4 is 17.5 Å². The van der Waals surface area contributed by atoms with Gasteiger partial charge >= 0.3 is 0 Å². The number of hydrogen-bond acceptors (Lipinski definition) is 4. The molecule has 6 heteroatoms. The zero-order valence-electron chi connectivity index (χ0n) is 11.9. The summed E-state index contributed by atoms with van der Waals surface area (Å²) >= 11 is 5.89. The van der Waals surface area contributed by atoms with E-state index >= 15 is 0 Å². The van der Waals surface area contributed by atoms with Gasteiger partial charge in [0.15, 0.2) is 0 Å². The molecule has 2 heterocycles. The van der Waals surface area contributed by atoms with Gasteiger partial charge in [0.1, 0.15) is 10.9 Å². The first-order valence-electron chi connectivity index (χ1n) is 6.20. The monoisotopic (exact) mass is 293 g/mol. The van der Waals surface area contributed by atoms with Crippen molar-refractivity contribution in [1.82, 2.24) is 15.0 Å². The summed E-state index contributed by atoms with van der Waals surface area (Å²) in [6, 6.07) is 3.29. The van der Waals surface area contributed by atoms with Crippen LogP contribution < -0.4 is 0 Å². The SMILES string of the molecule is Cc1cc(C(=O)N(C)Cc2c(C)noc2C)cc(Cl)n1. The van der Waals surface area contributed by atoms with E-state index in [1.54, 1.807) is 31.0 Å². The molecule has 0 saturated heterocycles. The summed E-state index contributed by atoms with van der Waals surface area (Å²) < 4.78 is 5.10. The fraction of sp³-hybridized carbons (Fsp3) is 0.357. The highest BCUT2D eigenvalue weighted by Crippen LogP contribution is 2.17. The van der Waals surface area contributed by atoms with Crippen LogP contribution in [0.2, 0.25) is 5.15 Å². The van der Waals surface area contributed by atoms with Gasteiger partial charge in [-0.05, 0) is 32.9 Å². The van der Waals surface area contributed by atoms with Crippen molar-refractivity contribution in [2.24, 2.45) is 0 Å². The number of aryl methyl sites for hydroxylation is 3. The maximum Gasteiger partial charge on any atom is 0.254 e. The Hall–Kier alpha value is -1.88. The van der Waals surface area contributed by atoms with E-state index in [1.807, 2.05) is 13.8 Å². The lowest BCUT2D eigenvalue weighted by atomic mass is 10.1. The average Bonchev–Trinajstić information content (AvgIpc) is 2.68. The smallest absolute Gasteiger partial charge is 0.254 e. The van der Waals surface area contributed by atoms with Crippen LogP contribution in [0, 0.1) is 20.8 Å². The van der Waals surface area contributed by atoms with E-state index in [2.05, 4.69) is 10.1 Å². The normalized spacial score (nSPS) is 10.7. The van der Waals surface area contributed by atoms with Gasteiger partial charge < -0.3 is 9.42 Å². The van der Waals surface area contributed by atoms with Gasteiger partial charge in [0.05, 0.1) is 12.2 Å². The molecule has 20 heavy (non-hydrogen) atoms. The standard InChI is InChI=1S/C14H16ClN3O2/c1-8-5-11(6-13(15)16-8)14(19)18(4)7-12-9(2)17-20-10(12)3/h5-6H,7H2,1-4H3. The lowest BCUT2D eigenvalue weighted by Crippen LogP contribution is -2.26. The Morgan fingerprint density at radius 2 is 2.05 bits per heavy atom. The maximum atomic E-state index is 12.4. The van der Waals surface area contributed by atoms with E-state index in [0.29, 0.717) is 23.0 Å². The largest absolute Gasteiger partial charge is 0.361 e. The van der Waals surface area contributed by atoms with E-state index in [9.17, 15) is 4.79 Å². The quantitative estimate of drug-likeness (QED) is 0.817. The number of hydrogen-bond donors (Lipinski definition) is 0. The van der Waals surface area contributed by atoms with Gasteiger partial charge in [-0.2, -0.15) is 0 Å². The van der Waals surface area contributed by atoms with Crippen LogP contribution in [-0.4, -0.2) is 28.0 Å². The molecule has 0 spiro atoms. The van der Waals surface area contributed by atoms with Crippen molar-refractivity contribution in [3.63, 3.8) is 0 Å². The molecule has 2 rings (SSSR count). The van der Waals surface area contributed by atoms with Crippen LogP contribution in [-0.2, 0) is 6.54 Å². The fourth-order valence-electron chi connectivity index (χ4n) is 2.01. The van der Waals surface area contributed by atoms with E-state index in [4.69, 9.17) is 16.1 Å². The highest BCUT2D eigenvalue weighted by Gasteiger charge is 2.17. The van der Waals surface area contributed by atoms with Gasteiger partial charge in [0.25, 0.3) is 5.91 Å². The number of aromatic nitrogens is 2. The van der Waals surface area contributed by atoms with Gasteiger partial charge in [-0.15, -0.1) is 0 Å². The molecule has 0 aliphatic heterocycles. The summed E-state index contributed by atoms with van der Waals surface area (Å²) in [7, 11) is 1.73. The average molecular weight is 294 g/mol. The highest BCUT2D eigenvalue weighted by atomic mass is 35.5. The Morgan fingerprint density at radius 3 is 2.60 bits per heavy atom. The summed E-state index contributed by atoms with van der Waals surface area (Å²) in [5, 5.41) is 4.20. The molecule has 0 aliphatic rings. The van der Waals surface area contributed by atoms with E-state index < -0.39 is 0 Å². The molecule has 0 unspecified atom stereocenters. The predicted octanol–water partition coefficient (Wildman–Crippen LogP) is 2.92. The first-order chi connectivity index (χ1) is 9.38. The molecular formula is C14H16ClN3O2. The van der Waals surface area contributed by atoms with Crippen LogP contribution in [0.5, 0.6) is 0 Å². The van der Waals surface area contributed by atoms with E-state index in [-0.39, 0.29) is 5.91 Å². The second-order valence-corrected chi connectivity index (χ2v) is 5.17. The molecule has 0 radical (unpaired) electrons. The topological polar surface area (TPSA) is 59.2 Å². The number of halogens is 1. The minimum Gasteiger partial charge on any atom is -0.361 e. The molecule has 1 amide bonds. The van der Waals surface area contributed by atoms with Gasteiger partial charge in [0.2, 0.25) is 0 Å². The van der Waals surface area contributed by atoms with Crippen molar-refractivity contribution in [1.29, 1.82) is 0 Å². The predicted molar refractivity (Wildman–Crippen MR) is 75.8 cm³/mol. The van der Waals surface area contributed by atoms with Crippen LogP contribution in [0.15, 0.2) is 16.7 Å². The minimum atomic E-state index is -0.114. The highest BCUT2D eigenvalue weighted by molar-refractivity contribution is 6.29. The number of carbonyl (C=O) groups excluding carboxylic acids is 1. The molecular weight excluding hydrogens is 278 g/mol. The van der Waals surface area contributed by atoms with Crippen molar-refractivity contribution in [2.45, 2.75) is 27.3 Å². The van der Waals surface area contributed by atoms with Gasteiger partial charge in [-0.3, -0.25) is 4.79 Å². The minimum absolute atomic E-state index is 0.114. The third-order valence-corrected chi connectivity index (χ3v) is 3.29. The molecule has 0 fully saturated rings. The zero-order valence-corrected chi connectivity index (χ0v) is 12.7. The van der Waals surface area contributed by atoms with Gasteiger partial charge in [-0.25, -0.2) is 4.98 Å².